The molecule has 1 saturated carbocycles. The van der Waals surface area contributed by atoms with E-state index in [1.54, 1.807) is 0 Å². The van der Waals surface area contributed by atoms with Gasteiger partial charge in [0, 0.05) is 12.1 Å². The van der Waals surface area contributed by atoms with E-state index >= 15 is 0 Å². The number of nitrogens with two attached hydrogens (primary N) is 1. The van der Waals surface area contributed by atoms with Gasteiger partial charge in [0.15, 0.2) is 17.6 Å². The van der Waals surface area contributed by atoms with Crippen LogP contribution in [0, 0.1) is 0 Å². The molecule has 0 spiro atoms. The second-order valence-corrected chi connectivity index (χ2v) is 9.34. The Kier molecular flexibility index (Phi) is 7.59. The summed E-state index contributed by atoms with van der Waals surface area (Å²) in [7, 11) is -4.52. The number of unbranched alkanes of at least 4 members (excludes halogenated alkanes) is 2. The van der Waals surface area contributed by atoms with Crippen molar-refractivity contribution >= 4 is 7.82 Å². The average molecular weight is 429 g/mol. The summed E-state index contributed by atoms with van der Waals surface area (Å²) in [5.74, 6) is 1.61. The summed E-state index contributed by atoms with van der Waals surface area (Å²) in [6.07, 6.45) is 5.37. The molecular weight excluding hydrogens is 397 g/mol. The fourth-order valence-corrected chi connectivity index (χ4v) is 4.35. The summed E-state index contributed by atoms with van der Waals surface area (Å²) in [4.78, 5) is 17.8. The molecule has 1 heterocycles. The third kappa shape index (κ3) is 6.67. The molecule has 3 atom stereocenters. The van der Waals surface area contributed by atoms with Crippen LogP contribution in [0.1, 0.15) is 56.9 Å². The minimum absolute atomic E-state index is 0.108. The molecule has 3 rings (SSSR count). The molecule has 9 heteroatoms. The lowest BCUT2D eigenvalue weighted by atomic mass is 9.93. The average Bonchev–Trinajstić information content (AvgIpc) is 3.08. The van der Waals surface area contributed by atoms with Gasteiger partial charge in [-0.1, -0.05) is 25.8 Å². The van der Waals surface area contributed by atoms with Crippen molar-refractivity contribution in [2.24, 2.45) is 5.73 Å². The summed E-state index contributed by atoms with van der Waals surface area (Å²) in [5.41, 5.74) is 6.64. The number of phosphoric ester groups is 1. The number of fused-ring (bicyclic) bond motifs is 1. The van der Waals surface area contributed by atoms with Gasteiger partial charge in [-0.3, -0.25) is 4.52 Å². The molecule has 164 valence electrons. The Morgan fingerprint density at radius 1 is 1.31 bits per heavy atom. The monoisotopic (exact) mass is 429 g/mol. The van der Waals surface area contributed by atoms with Gasteiger partial charge >= 0.3 is 7.82 Å². The van der Waals surface area contributed by atoms with Crippen molar-refractivity contribution in [3.8, 4) is 11.5 Å². The summed E-state index contributed by atoms with van der Waals surface area (Å²) in [6, 6.07) is 5.90. The van der Waals surface area contributed by atoms with Crippen molar-refractivity contribution in [1.82, 2.24) is 0 Å². The zero-order valence-corrected chi connectivity index (χ0v) is 17.8. The van der Waals surface area contributed by atoms with Crippen molar-refractivity contribution in [3.05, 3.63) is 23.8 Å². The van der Waals surface area contributed by atoms with Crippen LogP contribution in [0.3, 0.4) is 0 Å². The SMILES string of the molecule is CCCCCOCC1COc2cc([C@H]3CC[C@](N)(COP(=O)(O)O)C3)ccc2O1. The molecule has 1 aromatic rings. The molecule has 29 heavy (non-hydrogen) atoms. The summed E-state index contributed by atoms with van der Waals surface area (Å²) in [6.45, 7) is 3.72. The van der Waals surface area contributed by atoms with Gasteiger partial charge in [0.05, 0.1) is 13.2 Å². The molecule has 1 fully saturated rings. The first-order chi connectivity index (χ1) is 13.8. The highest BCUT2D eigenvalue weighted by molar-refractivity contribution is 7.46. The maximum atomic E-state index is 11.0. The Morgan fingerprint density at radius 2 is 2.14 bits per heavy atom. The molecule has 0 saturated heterocycles. The summed E-state index contributed by atoms with van der Waals surface area (Å²) in [5, 5.41) is 0. The first kappa shape index (κ1) is 22.5. The molecule has 4 N–H and O–H groups in total. The van der Waals surface area contributed by atoms with Gasteiger partial charge in [-0.15, -0.1) is 0 Å². The largest absolute Gasteiger partial charge is 0.486 e. The van der Waals surface area contributed by atoms with Gasteiger partial charge in [-0.25, -0.2) is 4.57 Å². The van der Waals surface area contributed by atoms with Gasteiger partial charge < -0.3 is 29.7 Å². The highest BCUT2D eigenvalue weighted by Crippen LogP contribution is 2.45. The Labute approximate surface area is 171 Å². The number of ether oxygens (including phenoxy) is 3. The Bertz CT molecular complexity index is 725. The van der Waals surface area contributed by atoms with Crippen LogP contribution < -0.4 is 15.2 Å². The van der Waals surface area contributed by atoms with Crippen molar-refractivity contribution < 1.29 is 33.1 Å². The van der Waals surface area contributed by atoms with E-state index in [2.05, 4.69) is 11.4 Å². The van der Waals surface area contributed by atoms with E-state index in [0.29, 0.717) is 37.6 Å². The normalized spacial score (nSPS) is 26.6. The summed E-state index contributed by atoms with van der Waals surface area (Å²) >= 11 is 0. The molecule has 1 aromatic carbocycles. The van der Waals surface area contributed by atoms with E-state index in [4.69, 9.17) is 29.7 Å². The molecule has 0 amide bonds. The maximum Gasteiger partial charge on any atom is 0.469 e. The number of hydrogen-bond donors (Lipinski definition) is 3. The van der Waals surface area contributed by atoms with Crippen molar-refractivity contribution in [2.45, 2.75) is 63.0 Å². The minimum atomic E-state index is -4.52. The van der Waals surface area contributed by atoms with Gasteiger partial charge in [0.1, 0.15) is 6.61 Å². The highest BCUT2D eigenvalue weighted by Gasteiger charge is 2.38. The first-order valence-electron chi connectivity index (χ1n) is 10.3. The lowest BCUT2D eigenvalue weighted by Gasteiger charge is -2.27. The van der Waals surface area contributed by atoms with E-state index in [-0.39, 0.29) is 18.6 Å². The topological polar surface area (TPSA) is 120 Å². The van der Waals surface area contributed by atoms with Gasteiger partial charge in [0.25, 0.3) is 0 Å². The van der Waals surface area contributed by atoms with Crippen LogP contribution in [-0.4, -0.2) is 47.9 Å². The number of benzene rings is 1. The zero-order chi connectivity index (χ0) is 20.9. The van der Waals surface area contributed by atoms with E-state index in [1.165, 1.54) is 12.8 Å². The standard InChI is InChI=1S/C20H32NO7P/c1-2-3-4-9-25-12-17-13-26-19-10-15(5-6-18(19)28-17)16-7-8-20(21,11-16)14-27-29(22,23)24/h5-6,10,16-17H,2-4,7-9,11-14,21H2,1H3,(H2,22,23,24)/t16-,17?,20+/m0/s1. The van der Waals surface area contributed by atoms with Crippen LogP contribution in [-0.2, 0) is 13.8 Å². The number of rotatable bonds is 10. The molecule has 0 radical (unpaired) electrons. The maximum absolute atomic E-state index is 11.0. The van der Waals surface area contributed by atoms with Crippen LogP contribution in [0.5, 0.6) is 11.5 Å². The van der Waals surface area contributed by atoms with Crippen LogP contribution in [0.15, 0.2) is 18.2 Å². The fraction of sp³-hybridized carbons (Fsp3) is 0.700. The van der Waals surface area contributed by atoms with Gasteiger partial charge in [0.2, 0.25) is 0 Å². The van der Waals surface area contributed by atoms with Crippen molar-refractivity contribution in [1.29, 1.82) is 0 Å². The zero-order valence-electron chi connectivity index (χ0n) is 16.9. The Morgan fingerprint density at radius 3 is 2.90 bits per heavy atom. The van der Waals surface area contributed by atoms with E-state index in [0.717, 1.165) is 25.0 Å². The van der Waals surface area contributed by atoms with Crippen molar-refractivity contribution in [3.63, 3.8) is 0 Å². The fourth-order valence-electron chi connectivity index (χ4n) is 3.92. The summed E-state index contributed by atoms with van der Waals surface area (Å²) < 4.78 is 33.2. The van der Waals surface area contributed by atoms with Gasteiger partial charge in [-0.2, -0.15) is 0 Å². The first-order valence-corrected chi connectivity index (χ1v) is 11.8. The molecule has 0 aromatic heterocycles. The lowest BCUT2D eigenvalue weighted by Crippen LogP contribution is -2.41. The molecular formula is C20H32NO7P. The Hall–Kier alpha value is -1.15. The van der Waals surface area contributed by atoms with Gasteiger partial charge in [-0.05, 0) is 49.3 Å². The van der Waals surface area contributed by atoms with E-state index in [9.17, 15) is 4.57 Å². The smallest absolute Gasteiger partial charge is 0.469 e. The van der Waals surface area contributed by atoms with Crippen LogP contribution in [0.2, 0.25) is 0 Å². The number of hydrogen-bond acceptors (Lipinski definition) is 6. The predicted molar refractivity (Wildman–Crippen MR) is 108 cm³/mol. The highest BCUT2D eigenvalue weighted by atomic mass is 31.2. The number of phosphoric acid groups is 1. The van der Waals surface area contributed by atoms with E-state index < -0.39 is 13.4 Å². The molecule has 8 nitrogen and oxygen atoms in total. The van der Waals surface area contributed by atoms with Crippen LogP contribution >= 0.6 is 7.82 Å². The molecule has 0 bridgehead atoms. The minimum Gasteiger partial charge on any atom is -0.486 e. The van der Waals surface area contributed by atoms with E-state index in [1.807, 2.05) is 18.2 Å². The Balaban J connectivity index is 1.52. The third-order valence-electron chi connectivity index (χ3n) is 5.52. The van der Waals surface area contributed by atoms with Crippen molar-refractivity contribution in [2.75, 3.05) is 26.4 Å². The lowest BCUT2D eigenvalue weighted by molar-refractivity contribution is 0.00780. The van der Waals surface area contributed by atoms with Crippen LogP contribution in [0.25, 0.3) is 0 Å². The third-order valence-corrected chi connectivity index (χ3v) is 5.98. The molecule has 1 unspecified atom stereocenters. The molecule has 1 aliphatic carbocycles. The second-order valence-electron chi connectivity index (χ2n) is 8.11. The van der Waals surface area contributed by atoms with Crippen LogP contribution in [0.4, 0.5) is 0 Å². The predicted octanol–water partition coefficient (Wildman–Crippen LogP) is 3.11. The quantitative estimate of drug-likeness (QED) is 0.383. The second kappa shape index (κ2) is 9.77. The molecule has 1 aliphatic heterocycles. The molecule has 2 aliphatic rings.